The van der Waals surface area contributed by atoms with Gasteiger partial charge in [-0.25, -0.2) is 0 Å². The SMILES string of the molecule is C[S@@](=O)c1cccc(NC(=O)c2ccc(OC(F)(F)F)cc2)c1. The highest BCUT2D eigenvalue weighted by Crippen LogP contribution is 2.23. The van der Waals surface area contributed by atoms with Gasteiger partial charge in [0.25, 0.3) is 5.91 Å². The maximum atomic E-state index is 12.1. The van der Waals surface area contributed by atoms with Crippen LogP contribution in [-0.4, -0.2) is 22.7 Å². The second kappa shape index (κ2) is 6.82. The average Bonchev–Trinajstić information content (AvgIpc) is 2.46. The Balaban J connectivity index is 2.09. The molecule has 0 heterocycles. The van der Waals surface area contributed by atoms with E-state index in [1.807, 2.05) is 0 Å². The number of amides is 1. The molecule has 1 N–H and O–H groups in total. The number of benzene rings is 2. The Hall–Kier alpha value is -2.35. The predicted molar refractivity (Wildman–Crippen MR) is 79.9 cm³/mol. The highest BCUT2D eigenvalue weighted by Gasteiger charge is 2.31. The van der Waals surface area contributed by atoms with Gasteiger partial charge in [0.05, 0.1) is 0 Å². The van der Waals surface area contributed by atoms with Gasteiger partial charge in [-0.15, -0.1) is 13.2 Å². The molecule has 2 aromatic carbocycles. The largest absolute Gasteiger partial charge is 0.573 e. The molecule has 1 amide bonds. The normalized spacial score (nSPS) is 12.5. The fourth-order valence-corrected chi connectivity index (χ4v) is 2.33. The zero-order chi connectivity index (χ0) is 17.0. The Morgan fingerprint density at radius 3 is 2.35 bits per heavy atom. The summed E-state index contributed by atoms with van der Waals surface area (Å²) in [5, 5.41) is 2.58. The fourth-order valence-electron chi connectivity index (χ4n) is 1.76. The minimum absolute atomic E-state index is 0.169. The number of carbonyl (C=O) groups is 1. The molecule has 4 nitrogen and oxygen atoms in total. The fraction of sp³-hybridized carbons (Fsp3) is 0.133. The molecule has 23 heavy (non-hydrogen) atoms. The highest BCUT2D eigenvalue weighted by atomic mass is 32.2. The number of alkyl halides is 3. The van der Waals surface area contributed by atoms with Crippen LogP contribution >= 0.6 is 0 Å². The molecule has 8 heteroatoms. The summed E-state index contributed by atoms with van der Waals surface area (Å²) < 4.78 is 51.3. The van der Waals surface area contributed by atoms with Crippen molar-refractivity contribution in [2.75, 3.05) is 11.6 Å². The molecule has 122 valence electrons. The maximum Gasteiger partial charge on any atom is 0.573 e. The lowest BCUT2D eigenvalue weighted by Crippen LogP contribution is -2.17. The van der Waals surface area contributed by atoms with Gasteiger partial charge >= 0.3 is 6.36 Å². The van der Waals surface area contributed by atoms with Crippen molar-refractivity contribution in [1.82, 2.24) is 0 Å². The average molecular weight is 343 g/mol. The second-order valence-electron chi connectivity index (χ2n) is 4.51. The number of anilines is 1. The number of rotatable bonds is 4. The molecule has 0 aliphatic carbocycles. The standard InChI is InChI=1S/C15H12F3NO3S/c1-23(21)13-4-2-3-11(9-13)19-14(20)10-5-7-12(8-6-10)22-15(16,17)18/h2-9H,1H3,(H,19,20)/t23-/m1/s1. The lowest BCUT2D eigenvalue weighted by molar-refractivity contribution is -0.274. The molecule has 2 aromatic rings. The van der Waals surface area contributed by atoms with Gasteiger partial charge in [0, 0.05) is 33.2 Å². The van der Waals surface area contributed by atoms with Crippen molar-refractivity contribution in [2.45, 2.75) is 11.3 Å². The first-order valence-corrected chi connectivity index (χ1v) is 7.91. The maximum absolute atomic E-state index is 12.1. The number of ether oxygens (including phenoxy) is 1. The van der Waals surface area contributed by atoms with E-state index >= 15 is 0 Å². The lowest BCUT2D eigenvalue weighted by atomic mass is 10.2. The summed E-state index contributed by atoms with van der Waals surface area (Å²) in [5.74, 6) is -0.903. The van der Waals surface area contributed by atoms with Crippen molar-refractivity contribution in [3.05, 3.63) is 54.1 Å². The van der Waals surface area contributed by atoms with Crippen molar-refractivity contribution in [3.63, 3.8) is 0 Å². The summed E-state index contributed by atoms with van der Waals surface area (Å²) in [7, 11) is -1.19. The van der Waals surface area contributed by atoms with E-state index in [2.05, 4.69) is 10.1 Å². The molecular formula is C15H12F3NO3S. The Labute approximate surface area is 132 Å². The Morgan fingerprint density at radius 2 is 1.78 bits per heavy atom. The molecule has 0 saturated carbocycles. The predicted octanol–water partition coefficient (Wildman–Crippen LogP) is 3.57. The molecule has 0 bridgehead atoms. The number of halogens is 3. The molecule has 0 aromatic heterocycles. The van der Waals surface area contributed by atoms with Gasteiger partial charge in [0.2, 0.25) is 0 Å². The van der Waals surface area contributed by atoms with E-state index in [4.69, 9.17) is 0 Å². The summed E-state index contributed by atoms with van der Waals surface area (Å²) in [6, 6.07) is 11.0. The van der Waals surface area contributed by atoms with E-state index in [9.17, 15) is 22.2 Å². The first-order valence-electron chi connectivity index (χ1n) is 6.35. The summed E-state index contributed by atoms with van der Waals surface area (Å²) >= 11 is 0. The van der Waals surface area contributed by atoms with E-state index in [0.717, 1.165) is 12.1 Å². The van der Waals surface area contributed by atoms with Gasteiger partial charge in [-0.2, -0.15) is 0 Å². The lowest BCUT2D eigenvalue weighted by Gasteiger charge is -2.10. The van der Waals surface area contributed by atoms with Crippen molar-refractivity contribution in [3.8, 4) is 5.75 Å². The summed E-state index contributed by atoms with van der Waals surface area (Å²) in [6.07, 6.45) is -3.26. The van der Waals surface area contributed by atoms with E-state index < -0.39 is 28.8 Å². The summed E-state index contributed by atoms with van der Waals surface area (Å²) in [6.45, 7) is 0. The monoisotopic (exact) mass is 343 g/mol. The van der Waals surface area contributed by atoms with Crippen molar-refractivity contribution in [2.24, 2.45) is 0 Å². The van der Waals surface area contributed by atoms with Crippen LogP contribution in [0.3, 0.4) is 0 Å². The molecule has 0 unspecified atom stereocenters. The van der Waals surface area contributed by atoms with E-state index in [-0.39, 0.29) is 5.56 Å². The Bertz CT molecular complexity index is 729. The molecule has 0 saturated heterocycles. The van der Waals surface area contributed by atoms with Crippen LogP contribution in [0.15, 0.2) is 53.4 Å². The molecule has 0 spiro atoms. The van der Waals surface area contributed by atoms with Gasteiger partial charge in [0.15, 0.2) is 0 Å². The third-order valence-corrected chi connectivity index (χ3v) is 3.69. The minimum atomic E-state index is -4.78. The third-order valence-electron chi connectivity index (χ3n) is 2.77. The second-order valence-corrected chi connectivity index (χ2v) is 5.89. The Kier molecular flexibility index (Phi) is 5.05. The van der Waals surface area contributed by atoms with Crippen LogP contribution in [0.1, 0.15) is 10.4 Å². The van der Waals surface area contributed by atoms with Gasteiger partial charge in [-0.3, -0.25) is 9.00 Å². The first-order chi connectivity index (χ1) is 10.7. The highest BCUT2D eigenvalue weighted by molar-refractivity contribution is 7.84. The molecule has 0 aliphatic rings. The van der Waals surface area contributed by atoms with Crippen LogP contribution in [0.5, 0.6) is 5.75 Å². The number of hydrogen-bond donors (Lipinski definition) is 1. The number of nitrogens with one attached hydrogen (secondary N) is 1. The van der Waals surface area contributed by atoms with Gasteiger partial charge in [-0.05, 0) is 42.5 Å². The number of hydrogen-bond acceptors (Lipinski definition) is 3. The molecule has 1 atom stereocenters. The van der Waals surface area contributed by atoms with Crippen LogP contribution < -0.4 is 10.1 Å². The van der Waals surface area contributed by atoms with E-state index in [1.54, 1.807) is 24.3 Å². The molecule has 0 aliphatic heterocycles. The minimum Gasteiger partial charge on any atom is -0.406 e. The van der Waals surface area contributed by atoms with Crippen LogP contribution in [0.2, 0.25) is 0 Å². The van der Waals surface area contributed by atoms with Crippen LogP contribution in [0.4, 0.5) is 18.9 Å². The zero-order valence-corrected chi connectivity index (χ0v) is 12.7. The summed E-state index contributed by atoms with van der Waals surface area (Å²) in [5.41, 5.74) is 0.612. The van der Waals surface area contributed by atoms with E-state index in [0.29, 0.717) is 10.6 Å². The first kappa shape index (κ1) is 17.0. The van der Waals surface area contributed by atoms with E-state index in [1.165, 1.54) is 18.4 Å². The topological polar surface area (TPSA) is 55.4 Å². The molecule has 2 rings (SSSR count). The Morgan fingerprint density at radius 1 is 1.13 bits per heavy atom. The smallest absolute Gasteiger partial charge is 0.406 e. The van der Waals surface area contributed by atoms with Gasteiger partial charge in [0.1, 0.15) is 5.75 Å². The molecular weight excluding hydrogens is 331 g/mol. The third kappa shape index (κ3) is 5.10. The van der Waals surface area contributed by atoms with Crippen LogP contribution in [0.25, 0.3) is 0 Å². The molecule has 0 radical (unpaired) electrons. The number of carbonyl (C=O) groups excluding carboxylic acids is 1. The van der Waals surface area contributed by atoms with Crippen LogP contribution in [0, 0.1) is 0 Å². The van der Waals surface area contributed by atoms with Crippen molar-refractivity contribution >= 4 is 22.4 Å². The van der Waals surface area contributed by atoms with Crippen molar-refractivity contribution < 1.29 is 26.9 Å². The van der Waals surface area contributed by atoms with Gasteiger partial charge in [-0.1, -0.05) is 6.07 Å². The summed E-state index contributed by atoms with van der Waals surface area (Å²) in [4.78, 5) is 12.6. The quantitative estimate of drug-likeness (QED) is 0.923. The zero-order valence-electron chi connectivity index (χ0n) is 11.9. The molecule has 0 fully saturated rings. The van der Waals surface area contributed by atoms with Crippen molar-refractivity contribution in [1.29, 1.82) is 0 Å². The van der Waals surface area contributed by atoms with Crippen LogP contribution in [-0.2, 0) is 10.8 Å². The van der Waals surface area contributed by atoms with Gasteiger partial charge < -0.3 is 10.1 Å².